The number of nitrogens with zero attached hydrogens (tertiary/aromatic N) is 2. The van der Waals surface area contributed by atoms with Crippen molar-refractivity contribution in [2.24, 2.45) is 0 Å². The standard InChI is InChI=1S/C17H10FN3O3/c18-10-5-3-4-9(8-10)15-20-17(24-21-15)13-14(22)11-6-1-2-7-12(11)19-16(13)23/h1-8H,(H2,19,22,23). The smallest absolute Gasteiger partial charge is 0.267 e. The molecule has 0 spiro atoms. The van der Waals surface area contributed by atoms with Crippen LogP contribution in [-0.4, -0.2) is 20.2 Å². The maximum absolute atomic E-state index is 13.3. The van der Waals surface area contributed by atoms with Gasteiger partial charge in [0.15, 0.2) is 0 Å². The van der Waals surface area contributed by atoms with Gasteiger partial charge in [0, 0.05) is 10.9 Å². The third-order valence-corrected chi connectivity index (χ3v) is 3.62. The van der Waals surface area contributed by atoms with Gasteiger partial charge >= 0.3 is 0 Å². The van der Waals surface area contributed by atoms with Gasteiger partial charge < -0.3 is 14.6 Å². The predicted molar refractivity (Wildman–Crippen MR) is 84.9 cm³/mol. The fraction of sp³-hybridized carbons (Fsp3) is 0. The molecule has 24 heavy (non-hydrogen) atoms. The first-order valence-corrected chi connectivity index (χ1v) is 7.07. The first kappa shape index (κ1) is 14.1. The van der Waals surface area contributed by atoms with Crippen LogP contribution in [0.2, 0.25) is 0 Å². The van der Waals surface area contributed by atoms with E-state index in [1.54, 1.807) is 30.3 Å². The number of benzene rings is 2. The highest BCUT2D eigenvalue weighted by Crippen LogP contribution is 2.31. The van der Waals surface area contributed by atoms with Crippen LogP contribution in [0.1, 0.15) is 0 Å². The van der Waals surface area contributed by atoms with Crippen molar-refractivity contribution in [1.29, 1.82) is 0 Å². The minimum atomic E-state index is -0.555. The summed E-state index contributed by atoms with van der Waals surface area (Å²) in [6, 6.07) is 12.5. The maximum atomic E-state index is 13.3. The molecule has 0 amide bonds. The highest BCUT2D eigenvalue weighted by atomic mass is 19.1. The summed E-state index contributed by atoms with van der Waals surface area (Å²) in [5.41, 5.74) is 0.222. The number of aromatic amines is 1. The maximum Gasteiger partial charge on any atom is 0.267 e. The van der Waals surface area contributed by atoms with E-state index in [1.807, 2.05) is 0 Å². The SMILES string of the molecule is O=c1[nH]c2ccccc2c(O)c1-c1nc(-c2cccc(F)c2)no1. The first-order valence-electron chi connectivity index (χ1n) is 7.07. The lowest BCUT2D eigenvalue weighted by Crippen LogP contribution is -2.09. The quantitative estimate of drug-likeness (QED) is 0.591. The number of para-hydroxylation sites is 1. The molecule has 0 bridgehead atoms. The van der Waals surface area contributed by atoms with Gasteiger partial charge in [0.25, 0.3) is 11.4 Å². The Morgan fingerprint density at radius 3 is 2.79 bits per heavy atom. The van der Waals surface area contributed by atoms with Crippen molar-refractivity contribution in [1.82, 2.24) is 15.1 Å². The highest BCUT2D eigenvalue weighted by molar-refractivity contribution is 5.90. The van der Waals surface area contributed by atoms with Gasteiger partial charge in [-0.2, -0.15) is 4.98 Å². The molecule has 0 aliphatic rings. The van der Waals surface area contributed by atoms with Gasteiger partial charge in [-0.1, -0.05) is 29.4 Å². The topological polar surface area (TPSA) is 92.0 Å². The minimum absolute atomic E-state index is 0.121. The summed E-state index contributed by atoms with van der Waals surface area (Å²) in [4.78, 5) is 19.0. The average molecular weight is 323 g/mol. The Labute approximate surface area is 134 Å². The summed E-state index contributed by atoms with van der Waals surface area (Å²) in [6.45, 7) is 0. The second-order valence-corrected chi connectivity index (χ2v) is 5.16. The molecule has 7 heteroatoms. The number of halogens is 1. The number of H-pyrrole nitrogens is 1. The minimum Gasteiger partial charge on any atom is -0.506 e. The fourth-order valence-electron chi connectivity index (χ4n) is 2.49. The molecule has 0 atom stereocenters. The van der Waals surface area contributed by atoms with Gasteiger partial charge in [0.1, 0.15) is 17.1 Å². The molecule has 0 saturated heterocycles. The van der Waals surface area contributed by atoms with Crippen molar-refractivity contribution >= 4 is 10.9 Å². The van der Waals surface area contributed by atoms with Gasteiger partial charge in [0.2, 0.25) is 5.82 Å². The third kappa shape index (κ3) is 2.23. The number of aromatic nitrogens is 3. The van der Waals surface area contributed by atoms with Crippen molar-refractivity contribution in [3.63, 3.8) is 0 Å². The number of hydrogen-bond donors (Lipinski definition) is 2. The van der Waals surface area contributed by atoms with Crippen LogP contribution in [0.4, 0.5) is 4.39 Å². The number of pyridine rings is 1. The monoisotopic (exact) mass is 323 g/mol. The zero-order chi connectivity index (χ0) is 16.7. The second-order valence-electron chi connectivity index (χ2n) is 5.16. The molecule has 2 heterocycles. The molecule has 0 unspecified atom stereocenters. The van der Waals surface area contributed by atoms with Crippen LogP contribution in [0, 0.1) is 5.82 Å². The molecule has 4 rings (SSSR count). The lowest BCUT2D eigenvalue weighted by Gasteiger charge is -2.03. The molecule has 4 aromatic rings. The van der Waals surface area contributed by atoms with E-state index in [1.165, 1.54) is 18.2 Å². The Morgan fingerprint density at radius 1 is 1.12 bits per heavy atom. The largest absolute Gasteiger partial charge is 0.506 e. The van der Waals surface area contributed by atoms with Crippen LogP contribution < -0.4 is 5.56 Å². The van der Waals surface area contributed by atoms with Crippen LogP contribution in [0.5, 0.6) is 5.75 Å². The molecule has 118 valence electrons. The van der Waals surface area contributed by atoms with Crippen molar-refractivity contribution in [3.8, 4) is 28.6 Å². The molecule has 0 saturated carbocycles. The Hall–Kier alpha value is -3.48. The Kier molecular flexibility index (Phi) is 3.13. The summed E-state index contributed by atoms with van der Waals surface area (Å²) in [5, 5.41) is 14.6. The molecule has 2 aromatic heterocycles. The molecular formula is C17H10FN3O3. The second kappa shape index (κ2) is 5.31. The Morgan fingerprint density at radius 2 is 1.96 bits per heavy atom. The summed E-state index contributed by atoms with van der Waals surface area (Å²) >= 11 is 0. The summed E-state index contributed by atoms with van der Waals surface area (Å²) in [5.74, 6) is -0.704. The number of rotatable bonds is 2. The third-order valence-electron chi connectivity index (χ3n) is 3.62. The van der Waals surface area contributed by atoms with E-state index in [9.17, 15) is 14.3 Å². The van der Waals surface area contributed by atoms with Crippen LogP contribution in [0.3, 0.4) is 0 Å². The molecule has 2 N–H and O–H groups in total. The number of nitrogens with one attached hydrogen (secondary N) is 1. The highest BCUT2D eigenvalue weighted by Gasteiger charge is 2.20. The first-order chi connectivity index (χ1) is 11.6. The van der Waals surface area contributed by atoms with E-state index < -0.39 is 11.4 Å². The van der Waals surface area contributed by atoms with Crippen molar-refractivity contribution in [2.75, 3.05) is 0 Å². The fourth-order valence-corrected chi connectivity index (χ4v) is 2.49. The van der Waals surface area contributed by atoms with E-state index >= 15 is 0 Å². The molecule has 0 aliphatic heterocycles. The Bertz CT molecular complexity index is 1120. The van der Waals surface area contributed by atoms with Gasteiger partial charge in [-0.25, -0.2) is 4.39 Å². The Balaban J connectivity index is 1.89. The zero-order valence-corrected chi connectivity index (χ0v) is 12.2. The molecule has 6 nitrogen and oxygen atoms in total. The van der Waals surface area contributed by atoms with Gasteiger partial charge in [-0.15, -0.1) is 0 Å². The van der Waals surface area contributed by atoms with Gasteiger partial charge in [-0.3, -0.25) is 4.79 Å². The summed E-state index contributed by atoms with van der Waals surface area (Å²) < 4.78 is 18.4. The normalized spacial score (nSPS) is 11.0. The van der Waals surface area contributed by atoms with Gasteiger partial charge in [-0.05, 0) is 24.3 Å². The number of aromatic hydroxyl groups is 1. The molecular weight excluding hydrogens is 313 g/mol. The summed E-state index contributed by atoms with van der Waals surface area (Å²) in [6.07, 6.45) is 0. The van der Waals surface area contributed by atoms with Crippen molar-refractivity contribution in [2.45, 2.75) is 0 Å². The van der Waals surface area contributed by atoms with E-state index in [0.717, 1.165) is 0 Å². The number of hydrogen-bond acceptors (Lipinski definition) is 5. The lowest BCUT2D eigenvalue weighted by atomic mass is 10.1. The van der Waals surface area contributed by atoms with Crippen LogP contribution in [0.15, 0.2) is 57.8 Å². The van der Waals surface area contributed by atoms with Crippen molar-refractivity contribution in [3.05, 3.63) is 64.7 Å². The lowest BCUT2D eigenvalue weighted by molar-refractivity contribution is 0.426. The summed E-state index contributed by atoms with van der Waals surface area (Å²) in [7, 11) is 0. The predicted octanol–water partition coefficient (Wildman–Crippen LogP) is 3.09. The molecule has 0 radical (unpaired) electrons. The average Bonchev–Trinajstić information content (AvgIpc) is 3.04. The van der Waals surface area contributed by atoms with E-state index in [-0.39, 0.29) is 23.0 Å². The van der Waals surface area contributed by atoms with Crippen LogP contribution in [-0.2, 0) is 0 Å². The molecule has 0 fully saturated rings. The van der Waals surface area contributed by atoms with Gasteiger partial charge in [0.05, 0.1) is 5.52 Å². The van der Waals surface area contributed by atoms with E-state index in [0.29, 0.717) is 16.5 Å². The van der Waals surface area contributed by atoms with E-state index in [4.69, 9.17) is 4.52 Å². The van der Waals surface area contributed by atoms with E-state index in [2.05, 4.69) is 15.1 Å². The molecule has 2 aromatic carbocycles. The van der Waals surface area contributed by atoms with Crippen molar-refractivity contribution < 1.29 is 14.0 Å². The molecule has 0 aliphatic carbocycles. The van der Waals surface area contributed by atoms with Crippen LogP contribution >= 0.6 is 0 Å². The van der Waals surface area contributed by atoms with Crippen LogP contribution in [0.25, 0.3) is 33.7 Å². The zero-order valence-electron chi connectivity index (χ0n) is 12.2. The number of fused-ring (bicyclic) bond motifs is 1.